The Bertz CT molecular complexity index is 1450. The fourth-order valence-corrected chi connectivity index (χ4v) is 6.68. The molecule has 0 bridgehead atoms. The third-order valence-electron chi connectivity index (χ3n) is 7.90. The molecule has 0 atom stereocenters. The normalized spacial score (nSPS) is 16.6. The van der Waals surface area contributed by atoms with Crippen molar-refractivity contribution in [2.45, 2.75) is 68.9 Å². The van der Waals surface area contributed by atoms with Gasteiger partial charge in [-0.15, -0.1) is 0 Å². The molecule has 8 heteroatoms. The number of hydrogen-bond donors (Lipinski definition) is 2. The number of urea groups is 1. The first-order valence-electron chi connectivity index (χ1n) is 13.2. The van der Waals surface area contributed by atoms with Crippen LogP contribution < -0.4 is 10.2 Å². The molecule has 0 unspecified atom stereocenters. The van der Waals surface area contributed by atoms with Crippen LogP contribution in [0, 0.1) is 0 Å². The summed E-state index contributed by atoms with van der Waals surface area (Å²) < 4.78 is 24.2. The van der Waals surface area contributed by atoms with Gasteiger partial charge in [0.15, 0.2) is 9.84 Å². The predicted molar refractivity (Wildman–Crippen MR) is 149 cm³/mol. The lowest BCUT2D eigenvalue weighted by atomic mass is 9.84. The molecule has 1 aliphatic heterocycles. The summed E-state index contributed by atoms with van der Waals surface area (Å²) in [6, 6.07) is 18.2. The minimum absolute atomic E-state index is 0.0539. The van der Waals surface area contributed by atoms with Gasteiger partial charge in [-0.25, -0.2) is 18.2 Å². The van der Waals surface area contributed by atoms with Crippen LogP contribution in [0.5, 0.6) is 0 Å². The Balaban J connectivity index is 1.41. The molecule has 2 amide bonds. The monoisotopic (exact) mass is 533 g/mol. The summed E-state index contributed by atoms with van der Waals surface area (Å²) in [5.74, 6) is 0.0539. The molecule has 5 rings (SSSR count). The zero-order chi connectivity index (χ0) is 27.1. The quantitative estimate of drug-likeness (QED) is 0.447. The van der Waals surface area contributed by atoms with Gasteiger partial charge in [-0.1, -0.05) is 56.2 Å². The molecule has 2 aliphatic rings. The Morgan fingerprint density at radius 1 is 1.05 bits per heavy atom. The molecule has 2 aromatic carbocycles. The highest BCUT2D eigenvalue weighted by Crippen LogP contribution is 2.50. The van der Waals surface area contributed by atoms with E-state index in [0.717, 1.165) is 59.4 Å². The SMILES string of the molecule is CCS(=O)(=O)c1ccc(CNC(=O)N2CC3(CCCC3)c3nc(-c4ccccc4C(C)(C)O)ccc32)cc1. The number of nitrogens with one attached hydrogen (secondary N) is 1. The molecule has 2 heterocycles. The number of carbonyl (C=O) groups is 1. The number of aromatic nitrogens is 1. The van der Waals surface area contributed by atoms with E-state index in [0.29, 0.717) is 18.0 Å². The average molecular weight is 534 g/mol. The predicted octanol–water partition coefficient (Wildman–Crippen LogP) is 5.31. The first kappa shape index (κ1) is 26.4. The van der Waals surface area contributed by atoms with Crippen LogP contribution in [0.4, 0.5) is 10.5 Å². The number of rotatable bonds is 6. The van der Waals surface area contributed by atoms with Crippen LogP contribution in [0.15, 0.2) is 65.6 Å². The molecule has 38 heavy (non-hydrogen) atoms. The summed E-state index contributed by atoms with van der Waals surface area (Å²) in [6.45, 7) is 6.07. The van der Waals surface area contributed by atoms with Crippen molar-refractivity contribution in [1.82, 2.24) is 10.3 Å². The highest BCUT2D eigenvalue weighted by atomic mass is 32.2. The molecule has 1 saturated carbocycles. The van der Waals surface area contributed by atoms with Crippen molar-refractivity contribution in [3.05, 3.63) is 77.5 Å². The third kappa shape index (κ3) is 4.83. The van der Waals surface area contributed by atoms with Gasteiger partial charge in [0.1, 0.15) is 0 Å². The maximum atomic E-state index is 13.4. The van der Waals surface area contributed by atoms with E-state index in [1.54, 1.807) is 49.9 Å². The number of anilines is 1. The van der Waals surface area contributed by atoms with E-state index < -0.39 is 15.4 Å². The van der Waals surface area contributed by atoms with Gasteiger partial charge >= 0.3 is 6.03 Å². The fraction of sp³-hybridized carbons (Fsp3) is 0.400. The smallest absolute Gasteiger partial charge is 0.322 e. The largest absolute Gasteiger partial charge is 0.386 e. The number of pyridine rings is 1. The summed E-state index contributed by atoms with van der Waals surface area (Å²) >= 11 is 0. The van der Waals surface area contributed by atoms with Crippen LogP contribution in [0.2, 0.25) is 0 Å². The topological polar surface area (TPSA) is 99.6 Å². The number of benzene rings is 2. The first-order chi connectivity index (χ1) is 18.0. The van der Waals surface area contributed by atoms with Gasteiger partial charge in [-0.2, -0.15) is 0 Å². The second-order valence-corrected chi connectivity index (χ2v) is 13.2. The molecule has 1 aliphatic carbocycles. The lowest BCUT2D eigenvalue weighted by Crippen LogP contribution is -2.41. The second-order valence-electron chi connectivity index (χ2n) is 10.9. The van der Waals surface area contributed by atoms with Gasteiger partial charge < -0.3 is 10.4 Å². The maximum absolute atomic E-state index is 13.4. The van der Waals surface area contributed by atoms with Crippen molar-refractivity contribution in [3.63, 3.8) is 0 Å². The van der Waals surface area contributed by atoms with Crippen molar-refractivity contribution in [1.29, 1.82) is 0 Å². The number of carbonyl (C=O) groups excluding carboxylic acids is 1. The maximum Gasteiger partial charge on any atom is 0.322 e. The number of amides is 2. The average Bonchev–Trinajstić information content (AvgIpc) is 3.52. The first-order valence-corrected chi connectivity index (χ1v) is 14.9. The molecular formula is C30H35N3O4S. The van der Waals surface area contributed by atoms with Crippen LogP contribution in [0.25, 0.3) is 11.3 Å². The molecule has 1 fully saturated rings. The molecule has 1 spiro atoms. The van der Waals surface area contributed by atoms with E-state index >= 15 is 0 Å². The van der Waals surface area contributed by atoms with Crippen LogP contribution in [0.1, 0.15) is 63.3 Å². The summed E-state index contributed by atoms with van der Waals surface area (Å²) in [4.78, 5) is 20.6. The van der Waals surface area contributed by atoms with Crippen molar-refractivity contribution < 1.29 is 18.3 Å². The molecule has 3 aromatic rings. The minimum Gasteiger partial charge on any atom is -0.386 e. The highest BCUT2D eigenvalue weighted by molar-refractivity contribution is 7.91. The van der Waals surface area contributed by atoms with E-state index in [1.165, 1.54) is 0 Å². The van der Waals surface area contributed by atoms with Crippen LogP contribution in [-0.4, -0.2) is 36.8 Å². The summed E-state index contributed by atoms with van der Waals surface area (Å²) in [7, 11) is -3.26. The Labute approximate surface area is 224 Å². The summed E-state index contributed by atoms with van der Waals surface area (Å²) in [5.41, 5.74) is 3.97. The van der Waals surface area contributed by atoms with Gasteiger partial charge in [-0.3, -0.25) is 4.90 Å². The molecule has 2 N–H and O–H groups in total. The van der Waals surface area contributed by atoms with Gasteiger partial charge in [0, 0.05) is 24.1 Å². The number of sulfone groups is 1. The molecule has 0 saturated heterocycles. The Hall–Kier alpha value is -3.23. The lowest BCUT2D eigenvalue weighted by Gasteiger charge is -2.24. The van der Waals surface area contributed by atoms with E-state index in [9.17, 15) is 18.3 Å². The summed E-state index contributed by atoms with van der Waals surface area (Å²) in [6.07, 6.45) is 4.18. The van der Waals surface area contributed by atoms with Gasteiger partial charge in [0.25, 0.3) is 0 Å². The van der Waals surface area contributed by atoms with E-state index in [4.69, 9.17) is 4.98 Å². The third-order valence-corrected chi connectivity index (χ3v) is 9.65. The van der Waals surface area contributed by atoms with E-state index in [2.05, 4.69) is 5.32 Å². The lowest BCUT2D eigenvalue weighted by molar-refractivity contribution is 0.0792. The number of aliphatic hydroxyl groups is 1. The van der Waals surface area contributed by atoms with Crippen molar-refractivity contribution in [2.24, 2.45) is 0 Å². The van der Waals surface area contributed by atoms with Crippen molar-refractivity contribution in [3.8, 4) is 11.3 Å². The van der Waals surface area contributed by atoms with Gasteiger partial charge in [-0.05, 0) is 62.1 Å². The van der Waals surface area contributed by atoms with Crippen LogP contribution in [0.3, 0.4) is 0 Å². The fourth-order valence-electron chi connectivity index (χ4n) is 5.79. The molecule has 7 nitrogen and oxygen atoms in total. The van der Waals surface area contributed by atoms with E-state index in [1.807, 2.05) is 36.4 Å². The van der Waals surface area contributed by atoms with Crippen LogP contribution in [-0.2, 0) is 27.4 Å². The highest BCUT2D eigenvalue weighted by Gasteiger charge is 2.48. The zero-order valence-corrected chi connectivity index (χ0v) is 23.0. The zero-order valence-electron chi connectivity index (χ0n) is 22.2. The van der Waals surface area contributed by atoms with Crippen LogP contribution >= 0.6 is 0 Å². The Morgan fingerprint density at radius 3 is 2.39 bits per heavy atom. The number of fused-ring (bicyclic) bond motifs is 2. The molecule has 0 radical (unpaired) electrons. The second kappa shape index (κ2) is 9.82. The standard InChI is InChI=1S/C30H35N3O4S/c1-4-38(36,37)22-13-11-21(12-14-22)19-31-28(34)33-20-30(17-7-8-18-30)27-26(33)16-15-25(32-27)23-9-5-6-10-24(23)29(2,3)35/h5-6,9-16,35H,4,7-8,17-20H2,1-3H3,(H,31,34). The van der Waals surface area contributed by atoms with Crippen molar-refractivity contribution in [2.75, 3.05) is 17.2 Å². The number of hydrogen-bond acceptors (Lipinski definition) is 5. The Kier molecular flexibility index (Phi) is 6.82. The van der Waals surface area contributed by atoms with E-state index in [-0.39, 0.29) is 17.2 Å². The number of nitrogens with zero attached hydrogens (tertiary/aromatic N) is 2. The molecular weight excluding hydrogens is 498 g/mol. The van der Waals surface area contributed by atoms with Gasteiger partial charge in [0.05, 0.1) is 33.3 Å². The summed E-state index contributed by atoms with van der Waals surface area (Å²) in [5, 5.41) is 13.8. The Morgan fingerprint density at radius 2 is 1.74 bits per heavy atom. The minimum atomic E-state index is -3.26. The molecule has 200 valence electrons. The molecule has 1 aromatic heterocycles. The van der Waals surface area contributed by atoms with Gasteiger partial charge in [0.2, 0.25) is 0 Å². The van der Waals surface area contributed by atoms with Crippen molar-refractivity contribution >= 4 is 21.6 Å².